The van der Waals surface area contributed by atoms with E-state index in [9.17, 15) is 0 Å². The summed E-state index contributed by atoms with van der Waals surface area (Å²) in [5, 5.41) is 0. The molecule has 0 atom stereocenters. The molecule has 3 N–H and O–H groups in total. The molecule has 0 aromatic heterocycles. The van der Waals surface area contributed by atoms with Gasteiger partial charge in [0.2, 0.25) is 0 Å². The average Bonchev–Trinajstić information content (AvgIpc) is 0.722. The summed E-state index contributed by atoms with van der Waals surface area (Å²) in [5.41, 5.74) is 0. The van der Waals surface area contributed by atoms with Crippen molar-refractivity contribution in [3.8, 4) is 0 Å². The number of rotatable bonds is 0. The van der Waals surface area contributed by atoms with Crippen molar-refractivity contribution in [2.75, 3.05) is 0 Å². The normalized spacial score (nSPS) is 8.43. The van der Waals surface area contributed by atoms with Gasteiger partial charge in [-0.15, -0.1) is 0 Å². The molecule has 7 heavy (non-hydrogen) atoms. The van der Waals surface area contributed by atoms with Gasteiger partial charge in [-0.1, -0.05) is 0 Å². The summed E-state index contributed by atoms with van der Waals surface area (Å²) < 4.78 is 30.7. The van der Waals surface area contributed by atoms with Gasteiger partial charge in [-0.05, 0) is 0 Å². The van der Waals surface area contributed by atoms with Gasteiger partial charge in [0.05, 0.1) is 0 Å². The summed E-state index contributed by atoms with van der Waals surface area (Å²) >= 11 is -5.12. The van der Waals surface area contributed by atoms with Crippen LogP contribution < -0.4 is 0 Å². The zero-order chi connectivity index (χ0) is 4.50. The molecule has 0 aromatic rings. The molecule has 0 aromatic carbocycles. The average molecular weight is 190 g/mol. The van der Waals surface area contributed by atoms with Gasteiger partial charge in [0, 0.05) is 0 Å². The second kappa shape index (κ2) is 6.36. The van der Waals surface area contributed by atoms with Crippen molar-refractivity contribution < 1.29 is 16.0 Å². The van der Waals surface area contributed by atoms with E-state index in [0.717, 1.165) is 0 Å². The minimum absolute atomic E-state index is 0. The van der Waals surface area contributed by atoms with Crippen LogP contribution in [0.1, 0.15) is 0 Å². The van der Waals surface area contributed by atoms with Crippen molar-refractivity contribution in [1.29, 1.82) is 0 Å². The van der Waals surface area contributed by atoms with E-state index in [2.05, 4.69) is 0 Å². The standard InChI is InChI=1S/AsH3O4.2Na.2H/c2-1(3,4)5;;;;/h(H3,2,3,4,5);;;;. The van der Waals surface area contributed by atoms with E-state index in [4.69, 9.17) is 16.0 Å². The third-order valence-electron chi connectivity index (χ3n) is 0. The molecular weight excluding hydrogens is 185 g/mol. The van der Waals surface area contributed by atoms with E-state index >= 15 is 0 Å². The SMILES string of the molecule is O=[As](O)(O)O.[NaH].[NaH]. The van der Waals surface area contributed by atoms with Gasteiger partial charge in [-0.3, -0.25) is 0 Å². The quantitative estimate of drug-likeness (QED) is 0.347. The predicted octanol–water partition coefficient (Wildman–Crippen LogP) is -3.47. The Morgan fingerprint density at radius 1 is 1.00 bits per heavy atom. The van der Waals surface area contributed by atoms with E-state index < -0.39 is 14.5 Å². The Balaban J connectivity index is -0.0000000800. The fourth-order valence-corrected chi connectivity index (χ4v) is 0. The van der Waals surface area contributed by atoms with E-state index in [1.807, 2.05) is 0 Å². The molecule has 0 radical (unpaired) electrons. The molecule has 36 valence electrons. The van der Waals surface area contributed by atoms with Gasteiger partial charge >= 0.3 is 89.7 Å². The van der Waals surface area contributed by atoms with E-state index in [1.165, 1.54) is 0 Å². The van der Waals surface area contributed by atoms with Gasteiger partial charge in [0.15, 0.2) is 0 Å². The molecule has 0 bridgehead atoms. The Bertz CT molecular complexity index is 55.8. The molecule has 4 nitrogen and oxygen atoms in total. The maximum absolute atomic E-state index is 8.94. The van der Waals surface area contributed by atoms with Crippen LogP contribution in [0.2, 0.25) is 0 Å². The Kier molecular flexibility index (Phi) is 14.6. The molecule has 0 amide bonds. The topological polar surface area (TPSA) is 77.8 Å². The molecule has 0 spiro atoms. The third kappa shape index (κ3) is 64.0. The fourth-order valence-electron chi connectivity index (χ4n) is 0. The first-order chi connectivity index (χ1) is 2.00. The predicted molar refractivity (Wildman–Crippen MR) is 27.4 cm³/mol. The maximum atomic E-state index is 8.94. The summed E-state index contributed by atoms with van der Waals surface area (Å²) in [4.78, 5) is 0. The molecule has 0 aliphatic heterocycles. The molecular formula is H5AsNa2O4. The summed E-state index contributed by atoms with van der Waals surface area (Å²) in [7, 11) is 0. The molecule has 0 heterocycles. The first-order valence-electron chi connectivity index (χ1n) is 0.783. The van der Waals surface area contributed by atoms with Crippen LogP contribution in [0.4, 0.5) is 0 Å². The van der Waals surface area contributed by atoms with Crippen molar-refractivity contribution in [3.05, 3.63) is 0 Å². The summed E-state index contributed by atoms with van der Waals surface area (Å²) in [5.74, 6) is 0. The molecule has 0 saturated heterocycles. The van der Waals surface area contributed by atoms with E-state index in [1.54, 1.807) is 0 Å². The van der Waals surface area contributed by atoms with Crippen molar-refractivity contribution in [1.82, 2.24) is 0 Å². The molecule has 0 aliphatic carbocycles. The molecule has 0 rings (SSSR count). The van der Waals surface area contributed by atoms with Crippen LogP contribution in [-0.2, 0) is 3.74 Å². The Morgan fingerprint density at radius 3 is 1.00 bits per heavy atom. The van der Waals surface area contributed by atoms with Gasteiger partial charge in [0.1, 0.15) is 0 Å². The van der Waals surface area contributed by atoms with E-state index in [-0.39, 0.29) is 59.1 Å². The van der Waals surface area contributed by atoms with Gasteiger partial charge in [-0.25, -0.2) is 0 Å². The van der Waals surface area contributed by atoms with Crippen LogP contribution >= 0.6 is 0 Å². The molecule has 0 unspecified atom stereocenters. The van der Waals surface area contributed by atoms with Crippen LogP contribution in [0.5, 0.6) is 0 Å². The Morgan fingerprint density at radius 2 is 1.00 bits per heavy atom. The monoisotopic (exact) mass is 190 g/mol. The molecule has 7 heteroatoms. The van der Waals surface area contributed by atoms with Crippen molar-refractivity contribution in [2.45, 2.75) is 0 Å². The van der Waals surface area contributed by atoms with E-state index in [0.29, 0.717) is 0 Å². The molecule has 0 aliphatic rings. The fraction of sp³-hybridized carbons (Fsp3) is 0. The first kappa shape index (κ1) is 16.1. The van der Waals surface area contributed by atoms with Crippen molar-refractivity contribution >= 4 is 73.6 Å². The summed E-state index contributed by atoms with van der Waals surface area (Å²) in [6.45, 7) is 0. The molecule has 0 fully saturated rings. The second-order valence-corrected chi connectivity index (χ2v) is 2.67. The van der Waals surface area contributed by atoms with Gasteiger partial charge in [-0.2, -0.15) is 0 Å². The second-order valence-electron chi connectivity index (χ2n) is 0.513. The number of hydrogen-bond donors (Lipinski definition) is 3. The summed E-state index contributed by atoms with van der Waals surface area (Å²) in [6, 6.07) is 0. The van der Waals surface area contributed by atoms with Crippen LogP contribution in [-0.4, -0.2) is 85.9 Å². The van der Waals surface area contributed by atoms with Crippen molar-refractivity contribution in [3.63, 3.8) is 0 Å². The van der Waals surface area contributed by atoms with Crippen LogP contribution in [0.15, 0.2) is 0 Å². The van der Waals surface area contributed by atoms with Gasteiger partial charge < -0.3 is 0 Å². The van der Waals surface area contributed by atoms with Crippen LogP contribution in [0.3, 0.4) is 0 Å². The Hall–Kier alpha value is 2.24. The van der Waals surface area contributed by atoms with Crippen molar-refractivity contribution in [2.24, 2.45) is 0 Å². The Labute approximate surface area is 88.2 Å². The first-order valence-corrected chi connectivity index (χ1v) is 4.07. The van der Waals surface area contributed by atoms with Crippen LogP contribution in [0.25, 0.3) is 0 Å². The number of hydrogen-bond acceptors (Lipinski definition) is 1. The zero-order valence-electron chi connectivity index (χ0n) is 2.20. The molecule has 0 saturated carbocycles. The third-order valence-corrected chi connectivity index (χ3v) is 0. The van der Waals surface area contributed by atoms with Gasteiger partial charge in [0.25, 0.3) is 0 Å². The zero-order valence-corrected chi connectivity index (χ0v) is 4.07. The van der Waals surface area contributed by atoms with Crippen LogP contribution in [0, 0.1) is 0 Å². The summed E-state index contributed by atoms with van der Waals surface area (Å²) in [6.07, 6.45) is 0. The minimum atomic E-state index is -5.12.